The SMILES string of the molecule is COc1cc(CNc2ccc(Cl)cc2Cl)c(Cl)cc1OCc1ccc(F)cc1Cl. The number of rotatable bonds is 7. The number of hydrogen-bond acceptors (Lipinski definition) is 3. The Morgan fingerprint density at radius 3 is 2.28 bits per heavy atom. The van der Waals surface area contributed by atoms with Gasteiger partial charge in [0.15, 0.2) is 11.5 Å². The van der Waals surface area contributed by atoms with Gasteiger partial charge in [-0.15, -0.1) is 0 Å². The summed E-state index contributed by atoms with van der Waals surface area (Å²) in [5.74, 6) is 0.551. The summed E-state index contributed by atoms with van der Waals surface area (Å²) in [6.07, 6.45) is 0. The van der Waals surface area contributed by atoms with Gasteiger partial charge in [0.1, 0.15) is 12.4 Å². The van der Waals surface area contributed by atoms with Gasteiger partial charge < -0.3 is 14.8 Å². The Hall–Kier alpha value is -1.85. The molecule has 0 atom stereocenters. The Balaban J connectivity index is 1.74. The largest absolute Gasteiger partial charge is 0.493 e. The van der Waals surface area contributed by atoms with Crippen LogP contribution >= 0.6 is 46.4 Å². The summed E-state index contributed by atoms with van der Waals surface area (Å²) in [5.41, 5.74) is 2.17. The third kappa shape index (κ3) is 5.61. The molecule has 0 spiro atoms. The van der Waals surface area contributed by atoms with Crippen LogP contribution in [0.4, 0.5) is 10.1 Å². The van der Waals surface area contributed by atoms with E-state index in [1.807, 2.05) is 0 Å². The molecule has 3 rings (SSSR count). The van der Waals surface area contributed by atoms with Crippen molar-refractivity contribution in [2.24, 2.45) is 0 Å². The van der Waals surface area contributed by atoms with Gasteiger partial charge in [-0.2, -0.15) is 0 Å². The molecule has 0 aliphatic carbocycles. The van der Waals surface area contributed by atoms with Gasteiger partial charge >= 0.3 is 0 Å². The third-order valence-electron chi connectivity index (χ3n) is 4.13. The summed E-state index contributed by atoms with van der Waals surface area (Å²) in [6, 6.07) is 12.8. The summed E-state index contributed by atoms with van der Waals surface area (Å²) in [6.45, 7) is 0.560. The molecular formula is C21H16Cl4FNO2. The average molecular weight is 475 g/mol. The van der Waals surface area contributed by atoms with Crippen molar-refractivity contribution in [2.75, 3.05) is 12.4 Å². The van der Waals surface area contributed by atoms with Crippen LogP contribution < -0.4 is 14.8 Å². The molecule has 0 saturated carbocycles. The van der Waals surface area contributed by atoms with Crippen molar-refractivity contribution in [1.29, 1.82) is 0 Å². The highest BCUT2D eigenvalue weighted by molar-refractivity contribution is 6.36. The first-order chi connectivity index (χ1) is 13.9. The first-order valence-corrected chi connectivity index (χ1v) is 10.0. The van der Waals surface area contributed by atoms with E-state index in [1.165, 1.54) is 19.2 Å². The quantitative estimate of drug-likeness (QED) is 0.381. The topological polar surface area (TPSA) is 30.5 Å². The van der Waals surface area contributed by atoms with Crippen LogP contribution in [0.3, 0.4) is 0 Å². The molecule has 3 aromatic carbocycles. The number of halogens is 5. The molecule has 0 unspecified atom stereocenters. The first kappa shape index (κ1) is 21.8. The van der Waals surface area contributed by atoms with E-state index in [9.17, 15) is 4.39 Å². The first-order valence-electron chi connectivity index (χ1n) is 8.49. The molecule has 0 aliphatic rings. The van der Waals surface area contributed by atoms with Crippen LogP contribution in [-0.4, -0.2) is 7.11 Å². The van der Waals surface area contributed by atoms with E-state index < -0.39 is 5.82 Å². The Labute approximate surface area is 188 Å². The zero-order valence-electron chi connectivity index (χ0n) is 15.2. The molecule has 0 aromatic heterocycles. The van der Waals surface area contributed by atoms with E-state index in [4.69, 9.17) is 55.9 Å². The summed E-state index contributed by atoms with van der Waals surface area (Å²) >= 11 is 24.6. The van der Waals surface area contributed by atoms with Crippen molar-refractivity contribution in [3.63, 3.8) is 0 Å². The molecule has 8 heteroatoms. The van der Waals surface area contributed by atoms with Crippen LogP contribution in [0.1, 0.15) is 11.1 Å². The van der Waals surface area contributed by atoms with E-state index in [1.54, 1.807) is 36.4 Å². The second-order valence-corrected chi connectivity index (χ2v) is 7.75. The second-order valence-electron chi connectivity index (χ2n) is 6.10. The Bertz CT molecular complexity index is 1030. The molecule has 152 valence electrons. The van der Waals surface area contributed by atoms with E-state index in [-0.39, 0.29) is 11.6 Å². The van der Waals surface area contributed by atoms with E-state index >= 15 is 0 Å². The maximum Gasteiger partial charge on any atom is 0.163 e. The van der Waals surface area contributed by atoms with Crippen molar-refractivity contribution in [1.82, 2.24) is 0 Å². The number of ether oxygens (including phenoxy) is 2. The smallest absolute Gasteiger partial charge is 0.163 e. The second kappa shape index (κ2) is 9.77. The van der Waals surface area contributed by atoms with E-state index in [2.05, 4.69) is 5.32 Å². The predicted octanol–water partition coefficient (Wildman–Crippen LogP) is 7.64. The van der Waals surface area contributed by atoms with Crippen molar-refractivity contribution in [2.45, 2.75) is 13.2 Å². The third-order valence-corrected chi connectivity index (χ3v) is 5.38. The monoisotopic (exact) mass is 473 g/mol. The summed E-state index contributed by atoms with van der Waals surface area (Å²) in [4.78, 5) is 0. The molecule has 0 aliphatic heterocycles. The minimum atomic E-state index is -0.406. The number of nitrogens with one attached hydrogen (secondary N) is 1. The fraction of sp³-hybridized carbons (Fsp3) is 0.143. The number of anilines is 1. The van der Waals surface area contributed by atoms with Gasteiger partial charge in [0.2, 0.25) is 0 Å². The molecule has 0 amide bonds. The summed E-state index contributed by atoms with van der Waals surface area (Å²) in [5, 5.41) is 5.06. The highest BCUT2D eigenvalue weighted by Crippen LogP contribution is 2.35. The van der Waals surface area contributed by atoms with Gasteiger partial charge in [-0.05, 0) is 42.0 Å². The predicted molar refractivity (Wildman–Crippen MR) is 118 cm³/mol. The lowest BCUT2D eigenvalue weighted by molar-refractivity contribution is 0.284. The molecule has 0 heterocycles. The van der Waals surface area contributed by atoms with Gasteiger partial charge in [-0.3, -0.25) is 0 Å². The normalized spacial score (nSPS) is 10.7. The maximum absolute atomic E-state index is 13.2. The maximum atomic E-state index is 13.2. The van der Waals surface area contributed by atoms with E-state index in [0.717, 1.165) is 11.3 Å². The van der Waals surface area contributed by atoms with Crippen LogP contribution in [-0.2, 0) is 13.2 Å². The zero-order chi connectivity index (χ0) is 21.0. The van der Waals surface area contributed by atoms with Gasteiger partial charge in [0, 0.05) is 28.2 Å². The molecule has 0 fully saturated rings. The van der Waals surface area contributed by atoms with Crippen LogP contribution in [0.25, 0.3) is 0 Å². The minimum absolute atomic E-state index is 0.143. The molecule has 0 saturated heterocycles. The fourth-order valence-electron chi connectivity index (χ4n) is 2.60. The van der Waals surface area contributed by atoms with Crippen molar-refractivity contribution >= 4 is 52.1 Å². The van der Waals surface area contributed by atoms with Gasteiger partial charge in [0.25, 0.3) is 0 Å². The number of hydrogen-bond donors (Lipinski definition) is 1. The minimum Gasteiger partial charge on any atom is -0.493 e. The number of benzene rings is 3. The van der Waals surface area contributed by atoms with Crippen molar-refractivity contribution in [3.8, 4) is 11.5 Å². The van der Waals surface area contributed by atoms with Crippen LogP contribution in [0.5, 0.6) is 11.5 Å². The summed E-state index contributed by atoms with van der Waals surface area (Å²) in [7, 11) is 1.54. The zero-order valence-corrected chi connectivity index (χ0v) is 18.3. The van der Waals surface area contributed by atoms with Gasteiger partial charge in [0.05, 0.1) is 22.8 Å². The van der Waals surface area contributed by atoms with Gasteiger partial charge in [-0.1, -0.05) is 52.5 Å². The molecule has 0 bridgehead atoms. The lowest BCUT2D eigenvalue weighted by Crippen LogP contribution is -2.03. The van der Waals surface area contributed by atoms with Crippen LogP contribution in [0.2, 0.25) is 20.1 Å². The molecule has 3 aromatic rings. The molecule has 3 nitrogen and oxygen atoms in total. The molecule has 0 radical (unpaired) electrons. The Kier molecular flexibility index (Phi) is 7.36. The fourth-order valence-corrected chi connectivity index (χ4v) is 3.52. The van der Waals surface area contributed by atoms with Crippen LogP contribution in [0.15, 0.2) is 48.5 Å². The van der Waals surface area contributed by atoms with Crippen LogP contribution in [0, 0.1) is 5.82 Å². The standard InChI is InChI=1S/C21H16Cl4FNO2/c1-28-20-6-13(10-27-19-5-3-14(22)7-18(19)25)17(24)9-21(20)29-11-12-2-4-15(26)8-16(12)23/h2-9,27H,10-11H2,1H3. The lowest BCUT2D eigenvalue weighted by Gasteiger charge is -2.15. The highest BCUT2D eigenvalue weighted by atomic mass is 35.5. The lowest BCUT2D eigenvalue weighted by atomic mass is 10.2. The van der Waals surface area contributed by atoms with Crippen molar-refractivity contribution in [3.05, 3.63) is 85.6 Å². The van der Waals surface area contributed by atoms with Crippen molar-refractivity contribution < 1.29 is 13.9 Å². The number of methoxy groups -OCH3 is 1. The highest BCUT2D eigenvalue weighted by Gasteiger charge is 2.13. The average Bonchev–Trinajstić information content (AvgIpc) is 2.67. The molecular weight excluding hydrogens is 459 g/mol. The Morgan fingerprint density at radius 2 is 1.59 bits per heavy atom. The molecule has 29 heavy (non-hydrogen) atoms. The van der Waals surface area contributed by atoms with Gasteiger partial charge in [-0.25, -0.2) is 4.39 Å². The van der Waals surface area contributed by atoms with E-state index in [0.29, 0.717) is 38.7 Å². The summed E-state index contributed by atoms with van der Waals surface area (Å²) < 4.78 is 24.4. The Morgan fingerprint density at radius 1 is 0.828 bits per heavy atom. The molecule has 1 N–H and O–H groups in total.